The summed E-state index contributed by atoms with van der Waals surface area (Å²) < 4.78 is 0. The topological polar surface area (TPSA) is 57.5 Å². The molecule has 0 saturated carbocycles. The van der Waals surface area contributed by atoms with Gasteiger partial charge in [-0.1, -0.05) is 12.2 Å². The maximum absolute atomic E-state index is 10.7. The van der Waals surface area contributed by atoms with E-state index in [0.29, 0.717) is 12.8 Å². The number of hydrogen-bond acceptors (Lipinski definition) is 3. The Bertz CT molecular complexity index is 185. The van der Waals surface area contributed by atoms with Gasteiger partial charge in [0, 0.05) is 12.8 Å². The van der Waals surface area contributed by atoms with Crippen LogP contribution in [0.15, 0.2) is 12.2 Å². The minimum atomic E-state index is -1.31. The molecule has 13 heavy (non-hydrogen) atoms. The Morgan fingerprint density at radius 2 is 1.92 bits per heavy atom. The first kappa shape index (κ1) is 12.3. The van der Waals surface area contributed by atoms with Crippen LogP contribution in [0.5, 0.6) is 0 Å². The van der Waals surface area contributed by atoms with Crippen LogP contribution in [0.1, 0.15) is 33.1 Å². The molecule has 0 rings (SSSR count). The van der Waals surface area contributed by atoms with Crippen LogP contribution >= 0.6 is 0 Å². The molecule has 0 bridgehead atoms. The summed E-state index contributed by atoms with van der Waals surface area (Å²) in [5.74, 6) is 0.155. The van der Waals surface area contributed by atoms with E-state index in [9.17, 15) is 4.79 Å². The summed E-state index contributed by atoms with van der Waals surface area (Å²) in [5, 5.41) is 17.5. The molecular weight excluding hydrogens is 168 g/mol. The van der Waals surface area contributed by atoms with Crippen LogP contribution < -0.4 is 0 Å². The molecule has 0 amide bonds. The molecule has 0 aromatic heterocycles. The van der Waals surface area contributed by atoms with Crippen molar-refractivity contribution in [3.63, 3.8) is 0 Å². The number of allylic oxidation sites excluding steroid dienone is 1. The van der Waals surface area contributed by atoms with Gasteiger partial charge in [0.1, 0.15) is 5.78 Å². The lowest BCUT2D eigenvalue weighted by Gasteiger charge is -2.17. The molecule has 2 N–H and O–H groups in total. The number of Topliss-reactive ketones (excluding diaryl/α,β-unsaturated/α-hetero) is 1. The molecule has 76 valence electrons. The summed E-state index contributed by atoms with van der Waals surface area (Å²) >= 11 is 0. The highest BCUT2D eigenvalue weighted by atomic mass is 16.5. The van der Waals surface area contributed by atoms with Crippen molar-refractivity contribution in [2.24, 2.45) is 5.92 Å². The maximum atomic E-state index is 10.7. The molecular formula is C10H18O3. The Balaban J connectivity index is 3.95. The summed E-state index contributed by atoms with van der Waals surface area (Å²) in [5.41, 5.74) is 0.898. The first-order valence-corrected chi connectivity index (χ1v) is 4.44. The van der Waals surface area contributed by atoms with E-state index in [0.717, 1.165) is 5.57 Å². The summed E-state index contributed by atoms with van der Waals surface area (Å²) in [7, 11) is 0. The molecule has 0 aliphatic rings. The summed E-state index contributed by atoms with van der Waals surface area (Å²) in [6, 6.07) is 0. The average molecular weight is 186 g/mol. The normalized spacial score (nSPS) is 13.0. The second-order valence-corrected chi connectivity index (χ2v) is 3.50. The van der Waals surface area contributed by atoms with Gasteiger partial charge < -0.3 is 15.0 Å². The predicted octanol–water partition coefficient (Wildman–Crippen LogP) is 1.25. The van der Waals surface area contributed by atoms with E-state index in [4.69, 9.17) is 10.2 Å². The van der Waals surface area contributed by atoms with Crippen molar-refractivity contribution in [2.45, 2.75) is 39.4 Å². The SMILES string of the molecule is C=C(C)[C@H](CCC(C)=O)CC(O)O. The van der Waals surface area contributed by atoms with E-state index >= 15 is 0 Å². The van der Waals surface area contributed by atoms with Crippen LogP contribution in [0.25, 0.3) is 0 Å². The van der Waals surface area contributed by atoms with E-state index < -0.39 is 6.29 Å². The standard InChI is InChI=1S/C10H18O3/c1-7(2)9(6-10(12)13)5-4-8(3)11/h9-10,12-13H,1,4-6H2,2-3H3/t9-/m1/s1. The van der Waals surface area contributed by atoms with Crippen LogP contribution in [0.2, 0.25) is 0 Å². The second kappa shape index (κ2) is 5.89. The highest BCUT2D eigenvalue weighted by Crippen LogP contribution is 2.20. The van der Waals surface area contributed by atoms with Crippen LogP contribution in [0.3, 0.4) is 0 Å². The first-order valence-electron chi connectivity index (χ1n) is 4.44. The number of ketones is 1. The number of hydrogen-bond donors (Lipinski definition) is 2. The third-order valence-electron chi connectivity index (χ3n) is 2.04. The predicted molar refractivity (Wildman–Crippen MR) is 51.1 cm³/mol. The zero-order valence-corrected chi connectivity index (χ0v) is 8.29. The molecule has 0 saturated heterocycles. The highest BCUT2D eigenvalue weighted by molar-refractivity contribution is 5.75. The van der Waals surface area contributed by atoms with Crippen LogP contribution in [-0.4, -0.2) is 22.3 Å². The second-order valence-electron chi connectivity index (χ2n) is 3.50. The number of carbonyl (C=O) groups excluding carboxylic acids is 1. The van der Waals surface area contributed by atoms with E-state index in [1.54, 1.807) is 0 Å². The Labute approximate surface area is 79.1 Å². The van der Waals surface area contributed by atoms with Crippen LogP contribution in [0.4, 0.5) is 0 Å². The van der Waals surface area contributed by atoms with Crippen LogP contribution in [-0.2, 0) is 4.79 Å². The Hall–Kier alpha value is -0.670. The molecule has 0 spiro atoms. The van der Waals surface area contributed by atoms with Crippen molar-refractivity contribution in [1.29, 1.82) is 0 Å². The van der Waals surface area contributed by atoms with Gasteiger partial charge in [0.05, 0.1) is 0 Å². The third kappa shape index (κ3) is 6.49. The number of aliphatic hydroxyl groups excluding tert-OH is 1. The molecule has 3 nitrogen and oxygen atoms in total. The Kier molecular flexibility index (Phi) is 5.58. The van der Waals surface area contributed by atoms with Gasteiger partial charge in [-0.25, -0.2) is 0 Å². The van der Waals surface area contributed by atoms with Crippen molar-refractivity contribution < 1.29 is 15.0 Å². The molecule has 0 aromatic rings. The van der Waals surface area contributed by atoms with Gasteiger partial charge >= 0.3 is 0 Å². The van der Waals surface area contributed by atoms with Crippen molar-refractivity contribution in [2.75, 3.05) is 0 Å². The summed E-state index contributed by atoms with van der Waals surface area (Å²) in [6.07, 6.45) is 0.0865. The monoisotopic (exact) mass is 186 g/mol. The van der Waals surface area contributed by atoms with E-state index in [1.807, 2.05) is 6.92 Å². The lowest BCUT2D eigenvalue weighted by atomic mass is 9.92. The number of aliphatic hydroxyl groups is 2. The van der Waals surface area contributed by atoms with E-state index in [1.165, 1.54) is 6.92 Å². The van der Waals surface area contributed by atoms with Crippen molar-refractivity contribution in [3.05, 3.63) is 12.2 Å². The van der Waals surface area contributed by atoms with E-state index in [-0.39, 0.29) is 18.1 Å². The van der Waals surface area contributed by atoms with Gasteiger partial charge in [-0.3, -0.25) is 0 Å². The first-order chi connectivity index (χ1) is 5.93. The lowest BCUT2D eigenvalue weighted by molar-refractivity contribution is -0.117. The molecule has 0 fully saturated rings. The average Bonchev–Trinajstić information content (AvgIpc) is 1.96. The smallest absolute Gasteiger partial charge is 0.152 e. The van der Waals surface area contributed by atoms with Crippen molar-refractivity contribution >= 4 is 5.78 Å². The van der Waals surface area contributed by atoms with Gasteiger partial charge in [0.25, 0.3) is 0 Å². The summed E-state index contributed by atoms with van der Waals surface area (Å²) in [6.45, 7) is 7.13. The lowest BCUT2D eigenvalue weighted by Crippen LogP contribution is -2.14. The fourth-order valence-corrected chi connectivity index (χ4v) is 1.20. The van der Waals surface area contributed by atoms with Crippen molar-refractivity contribution in [3.8, 4) is 0 Å². The van der Waals surface area contributed by atoms with Gasteiger partial charge in [-0.05, 0) is 26.2 Å². The highest BCUT2D eigenvalue weighted by Gasteiger charge is 2.13. The molecule has 0 heterocycles. The quantitative estimate of drug-likeness (QED) is 0.485. The Morgan fingerprint density at radius 3 is 2.23 bits per heavy atom. The molecule has 0 aliphatic carbocycles. The zero-order chi connectivity index (χ0) is 10.4. The molecule has 0 unspecified atom stereocenters. The molecule has 1 atom stereocenters. The van der Waals surface area contributed by atoms with E-state index in [2.05, 4.69) is 6.58 Å². The molecule has 0 aromatic carbocycles. The molecule has 0 aliphatic heterocycles. The number of carbonyl (C=O) groups is 1. The minimum absolute atomic E-state index is 0.0314. The van der Waals surface area contributed by atoms with Crippen LogP contribution in [0, 0.1) is 5.92 Å². The zero-order valence-electron chi connectivity index (χ0n) is 8.29. The fraction of sp³-hybridized carbons (Fsp3) is 0.700. The third-order valence-corrected chi connectivity index (χ3v) is 2.04. The minimum Gasteiger partial charge on any atom is -0.368 e. The largest absolute Gasteiger partial charge is 0.368 e. The fourth-order valence-electron chi connectivity index (χ4n) is 1.20. The van der Waals surface area contributed by atoms with Gasteiger partial charge in [-0.15, -0.1) is 0 Å². The molecule has 3 heteroatoms. The summed E-state index contributed by atoms with van der Waals surface area (Å²) in [4.78, 5) is 10.7. The van der Waals surface area contributed by atoms with Gasteiger partial charge in [0.15, 0.2) is 6.29 Å². The maximum Gasteiger partial charge on any atom is 0.152 e. The van der Waals surface area contributed by atoms with Gasteiger partial charge in [-0.2, -0.15) is 0 Å². The van der Waals surface area contributed by atoms with Crippen molar-refractivity contribution in [1.82, 2.24) is 0 Å². The van der Waals surface area contributed by atoms with Gasteiger partial charge in [0.2, 0.25) is 0 Å². The Morgan fingerprint density at radius 1 is 1.38 bits per heavy atom. The molecule has 0 radical (unpaired) electrons. The number of rotatable bonds is 6.